The van der Waals surface area contributed by atoms with E-state index in [1.54, 1.807) is 42.4 Å². The van der Waals surface area contributed by atoms with Crippen molar-refractivity contribution in [3.05, 3.63) is 104 Å². The van der Waals surface area contributed by atoms with E-state index in [4.69, 9.17) is 4.74 Å². The van der Waals surface area contributed by atoms with Crippen molar-refractivity contribution >= 4 is 34.9 Å². The molecule has 0 radical (unpaired) electrons. The van der Waals surface area contributed by atoms with Gasteiger partial charge in [0.05, 0.1) is 11.5 Å². The predicted molar refractivity (Wildman–Crippen MR) is 140 cm³/mol. The Morgan fingerprint density at radius 1 is 1.05 bits per heavy atom. The highest BCUT2D eigenvalue weighted by Crippen LogP contribution is 2.16. The Balaban J connectivity index is 1.74. The molecule has 0 saturated heterocycles. The van der Waals surface area contributed by atoms with E-state index in [-0.39, 0.29) is 36.4 Å². The molecule has 0 atom stereocenters. The second-order valence-corrected chi connectivity index (χ2v) is 9.28. The van der Waals surface area contributed by atoms with E-state index in [0.29, 0.717) is 31.7 Å². The molecule has 3 aromatic rings. The molecule has 2 aromatic carbocycles. The summed E-state index contributed by atoms with van der Waals surface area (Å²) in [5.74, 6) is -0.956. The highest BCUT2D eigenvalue weighted by molar-refractivity contribution is 7.09. The number of amides is 2. The third-order valence-corrected chi connectivity index (χ3v) is 6.36. The highest BCUT2D eigenvalue weighted by Gasteiger charge is 2.21. The molecule has 0 saturated carbocycles. The number of carbonyl (C=O) groups excluding carboxylic acids is 2. The van der Waals surface area contributed by atoms with E-state index in [2.05, 4.69) is 0 Å². The normalized spacial score (nSPS) is 11.0. The maximum atomic E-state index is 13.4. The third kappa shape index (κ3) is 8.93. The quantitative estimate of drug-likeness (QED) is 0.137. The number of hydrogen-bond acceptors (Lipinski definition) is 6. The van der Waals surface area contributed by atoms with Crippen molar-refractivity contribution in [2.24, 2.45) is 0 Å². The van der Waals surface area contributed by atoms with Crippen LogP contribution in [0.4, 0.5) is 10.1 Å². The lowest BCUT2D eigenvalue weighted by Crippen LogP contribution is -2.42. The Kier molecular flexibility index (Phi) is 10.5. The maximum Gasteiger partial charge on any atom is 0.269 e. The first-order valence-electron chi connectivity index (χ1n) is 11.6. The van der Waals surface area contributed by atoms with E-state index in [0.717, 1.165) is 10.4 Å². The maximum absolute atomic E-state index is 13.4. The number of methoxy groups -OCH3 is 1. The second-order valence-electron chi connectivity index (χ2n) is 8.24. The minimum Gasteiger partial charge on any atom is -0.385 e. The molecule has 0 N–H and O–H groups in total. The third-order valence-electron chi connectivity index (χ3n) is 5.50. The van der Waals surface area contributed by atoms with Crippen LogP contribution in [0, 0.1) is 15.9 Å². The number of benzene rings is 2. The van der Waals surface area contributed by atoms with Crippen LogP contribution >= 0.6 is 11.3 Å². The molecule has 0 bridgehead atoms. The van der Waals surface area contributed by atoms with Gasteiger partial charge < -0.3 is 14.5 Å². The lowest BCUT2D eigenvalue weighted by atomic mass is 10.2. The van der Waals surface area contributed by atoms with Crippen molar-refractivity contribution in [2.75, 3.05) is 26.8 Å². The molecule has 0 aliphatic heterocycles. The van der Waals surface area contributed by atoms with Crippen molar-refractivity contribution in [2.45, 2.75) is 19.5 Å². The zero-order valence-corrected chi connectivity index (χ0v) is 21.2. The minimum atomic E-state index is -0.490. The van der Waals surface area contributed by atoms with Crippen LogP contribution in [-0.4, -0.2) is 53.3 Å². The van der Waals surface area contributed by atoms with Gasteiger partial charge in [-0.25, -0.2) is 4.39 Å². The summed E-state index contributed by atoms with van der Waals surface area (Å²) < 4.78 is 18.5. The zero-order chi connectivity index (χ0) is 26.6. The number of nitro benzene ring substituents is 1. The van der Waals surface area contributed by atoms with Crippen molar-refractivity contribution in [1.82, 2.24) is 9.80 Å². The van der Waals surface area contributed by atoms with Gasteiger partial charge in [0.15, 0.2) is 0 Å². The molecule has 194 valence electrons. The van der Waals surface area contributed by atoms with Crippen molar-refractivity contribution in [1.29, 1.82) is 0 Å². The van der Waals surface area contributed by atoms with Crippen molar-refractivity contribution in [3.63, 3.8) is 0 Å². The number of carbonyl (C=O) groups is 2. The van der Waals surface area contributed by atoms with Gasteiger partial charge >= 0.3 is 0 Å². The topological polar surface area (TPSA) is 93.0 Å². The Morgan fingerprint density at radius 2 is 1.78 bits per heavy atom. The molecule has 3 rings (SSSR count). The first-order valence-corrected chi connectivity index (χ1v) is 12.5. The van der Waals surface area contributed by atoms with Crippen LogP contribution in [0.15, 0.2) is 72.1 Å². The molecule has 0 spiro atoms. The first kappa shape index (κ1) is 27.7. The molecule has 1 heterocycles. The average molecular weight is 526 g/mol. The predicted octanol–water partition coefficient (Wildman–Crippen LogP) is 4.90. The van der Waals surface area contributed by atoms with Gasteiger partial charge in [-0.1, -0.05) is 18.2 Å². The zero-order valence-electron chi connectivity index (χ0n) is 20.4. The summed E-state index contributed by atoms with van der Waals surface area (Å²) in [7, 11) is 1.57. The summed E-state index contributed by atoms with van der Waals surface area (Å²) in [6, 6.07) is 15.6. The summed E-state index contributed by atoms with van der Waals surface area (Å²) in [4.78, 5) is 40.9. The van der Waals surface area contributed by atoms with Crippen molar-refractivity contribution in [3.8, 4) is 0 Å². The molecule has 37 heavy (non-hydrogen) atoms. The van der Waals surface area contributed by atoms with Gasteiger partial charge in [0.1, 0.15) is 12.4 Å². The Morgan fingerprint density at radius 3 is 2.41 bits per heavy atom. The van der Waals surface area contributed by atoms with E-state index in [1.807, 2.05) is 17.5 Å². The number of non-ortho nitro benzene ring substituents is 1. The lowest BCUT2D eigenvalue weighted by molar-refractivity contribution is -0.384. The van der Waals surface area contributed by atoms with Crippen LogP contribution in [0.1, 0.15) is 22.4 Å². The van der Waals surface area contributed by atoms with E-state index in [1.165, 1.54) is 46.6 Å². The van der Waals surface area contributed by atoms with Crippen LogP contribution in [0.5, 0.6) is 0 Å². The van der Waals surface area contributed by atoms with Crippen LogP contribution in [0.2, 0.25) is 0 Å². The standard InChI is InChI=1S/C27H28FN3O5S/c1-36-16-3-15-29(26(32)14-9-21-7-12-24(13-8-21)31(34)35)20-27(33)30(19-25-4-2-17-37-25)18-22-5-10-23(28)11-6-22/h2,4-14,17H,3,15-16,18-20H2,1H3. The Labute approximate surface area is 218 Å². The number of ether oxygens (including phenoxy) is 1. The molecular formula is C27H28FN3O5S. The highest BCUT2D eigenvalue weighted by atomic mass is 32.1. The molecule has 0 aliphatic rings. The molecular weight excluding hydrogens is 497 g/mol. The fourth-order valence-corrected chi connectivity index (χ4v) is 4.26. The number of thiophene rings is 1. The van der Waals surface area contributed by atoms with Gasteiger partial charge in [0.2, 0.25) is 11.8 Å². The molecule has 0 aliphatic carbocycles. The number of halogens is 1. The van der Waals surface area contributed by atoms with Crippen LogP contribution in [0.25, 0.3) is 6.08 Å². The summed E-state index contributed by atoms with van der Waals surface area (Å²) in [5, 5.41) is 12.8. The molecule has 0 fully saturated rings. The fraction of sp³-hybridized carbons (Fsp3) is 0.259. The largest absolute Gasteiger partial charge is 0.385 e. The van der Waals surface area contributed by atoms with Crippen LogP contribution < -0.4 is 0 Å². The summed E-state index contributed by atoms with van der Waals surface area (Å²) in [6.45, 7) is 1.24. The molecule has 8 nitrogen and oxygen atoms in total. The summed E-state index contributed by atoms with van der Waals surface area (Å²) in [6.07, 6.45) is 3.45. The molecule has 2 amide bonds. The second kappa shape index (κ2) is 14.0. The number of nitro groups is 1. The summed E-state index contributed by atoms with van der Waals surface area (Å²) >= 11 is 1.53. The van der Waals surface area contributed by atoms with Crippen LogP contribution in [0.3, 0.4) is 0 Å². The van der Waals surface area contributed by atoms with E-state index < -0.39 is 4.92 Å². The van der Waals surface area contributed by atoms with Crippen molar-refractivity contribution < 1.29 is 23.6 Å². The molecule has 1 aromatic heterocycles. The van der Waals surface area contributed by atoms with E-state index in [9.17, 15) is 24.1 Å². The lowest BCUT2D eigenvalue weighted by Gasteiger charge is -2.27. The fourth-order valence-electron chi connectivity index (χ4n) is 3.54. The first-order chi connectivity index (χ1) is 17.9. The minimum absolute atomic E-state index is 0.0396. The number of rotatable bonds is 13. The number of hydrogen-bond donors (Lipinski definition) is 0. The monoisotopic (exact) mass is 525 g/mol. The van der Waals surface area contributed by atoms with Crippen LogP contribution in [-0.2, 0) is 27.4 Å². The molecule has 10 heteroatoms. The van der Waals surface area contributed by atoms with Gasteiger partial charge in [-0.2, -0.15) is 0 Å². The smallest absolute Gasteiger partial charge is 0.269 e. The Bertz CT molecular complexity index is 1200. The van der Waals surface area contributed by atoms with E-state index >= 15 is 0 Å². The number of nitrogens with zero attached hydrogens (tertiary/aromatic N) is 3. The SMILES string of the molecule is COCCCN(CC(=O)N(Cc1ccc(F)cc1)Cc1cccs1)C(=O)C=Cc1ccc([N+](=O)[O-])cc1. The molecule has 0 unspecified atom stereocenters. The van der Waals surface area contributed by atoms with Gasteiger partial charge in [-0.3, -0.25) is 19.7 Å². The van der Waals surface area contributed by atoms with Gasteiger partial charge in [-0.15, -0.1) is 11.3 Å². The Hall–Kier alpha value is -3.89. The van der Waals surface area contributed by atoms with Gasteiger partial charge in [-0.05, 0) is 59.3 Å². The van der Waals surface area contributed by atoms with Gasteiger partial charge in [0, 0.05) is 49.9 Å². The summed E-state index contributed by atoms with van der Waals surface area (Å²) in [5.41, 5.74) is 1.36. The average Bonchev–Trinajstić information content (AvgIpc) is 3.41. The van der Waals surface area contributed by atoms with Gasteiger partial charge in [0.25, 0.3) is 5.69 Å².